The molecule has 1 aliphatic heterocycles. The Morgan fingerprint density at radius 3 is 2.29 bits per heavy atom. The Hall–Kier alpha value is -1.90. The van der Waals surface area contributed by atoms with Crippen LogP contribution in [0.2, 0.25) is 5.02 Å². The molecular weight excluding hydrogens is 400 g/mol. The Balaban J connectivity index is 1.72. The van der Waals surface area contributed by atoms with Crippen LogP contribution in [0.25, 0.3) is 0 Å². The second-order valence-electron chi connectivity index (χ2n) is 6.79. The van der Waals surface area contributed by atoms with Crippen molar-refractivity contribution in [2.24, 2.45) is 0 Å². The Kier molecular flexibility index (Phi) is 5.84. The van der Waals surface area contributed by atoms with E-state index in [2.05, 4.69) is 4.98 Å². The molecule has 0 bridgehead atoms. The second kappa shape index (κ2) is 7.85. The van der Waals surface area contributed by atoms with E-state index < -0.39 is 30.1 Å². The van der Waals surface area contributed by atoms with E-state index in [9.17, 15) is 18.3 Å². The first kappa shape index (κ1) is 20.8. The predicted molar refractivity (Wildman–Crippen MR) is 97.0 cm³/mol. The van der Waals surface area contributed by atoms with Crippen molar-refractivity contribution in [3.8, 4) is 0 Å². The Morgan fingerprint density at radius 2 is 1.79 bits per heavy atom. The van der Waals surface area contributed by atoms with E-state index in [4.69, 9.17) is 16.7 Å². The topological polar surface area (TPSA) is 56.6 Å². The van der Waals surface area contributed by atoms with Gasteiger partial charge < -0.3 is 15.1 Å². The molecule has 1 fully saturated rings. The molecule has 0 amide bonds. The quantitative estimate of drug-likeness (QED) is 0.729. The fraction of sp³-hybridized carbons (Fsp3) is 0.421. The lowest BCUT2D eigenvalue weighted by molar-refractivity contribution is -0.137. The number of aliphatic hydroxyl groups is 2. The van der Waals surface area contributed by atoms with E-state index in [1.54, 1.807) is 0 Å². The smallest absolute Gasteiger partial charge is 0.393 e. The summed E-state index contributed by atoms with van der Waals surface area (Å²) in [6.45, 7) is 0.0853. The molecule has 0 aliphatic carbocycles. The van der Waals surface area contributed by atoms with Crippen LogP contribution in [0.5, 0.6) is 0 Å². The highest BCUT2D eigenvalue weighted by atomic mass is 35.5. The van der Waals surface area contributed by atoms with Crippen molar-refractivity contribution in [1.82, 2.24) is 4.98 Å². The molecule has 9 heteroatoms. The number of halogens is 5. The maximum Gasteiger partial charge on any atom is 0.416 e. The summed E-state index contributed by atoms with van der Waals surface area (Å²) in [5.41, 5.74) is -1.55. The lowest BCUT2D eigenvalue weighted by Crippen LogP contribution is -2.41. The number of aliphatic hydroxyl groups excluding tert-OH is 2. The zero-order valence-electron chi connectivity index (χ0n) is 14.8. The molecule has 152 valence electrons. The van der Waals surface area contributed by atoms with Crippen LogP contribution in [-0.4, -0.2) is 34.9 Å². The van der Waals surface area contributed by atoms with Gasteiger partial charge in [0, 0.05) is 43.4 Å². The molecule has 1 aliphatic rings. The fourth-order valence-electron chi connectivity index (χ4n) is 3.29. The standard InChI is InChI=1S/C19H19ClF4N2O2/c20-15-9-12(16(28)11-27)10-25-17(15)18(21)5-7-26(8-6-18)14-3-1-13(2-4-14)19(22,23)24/h1-4,9-10,16,27-28H,5-8,11H2/t16-/m1/s1. The largest absolute Gasteiger partial charge is 0.416 e. The van der Waals surface area contributed by atoms with Crippen LogP contribution in [0.1, 0.15) is 35.8 Å². The van der Waals surface area contributed by atoms with Crippen LogP contribution in [-0.2, 0) is 11.8 Å². The molecule has 1 saturated heterocycles. The molecule has 0 unspecified atom stereocenters. The minimum absolute atomic E-state index is 0.0649. The summed E-state index contributed by atoms with van der Waals surface area (Å²) < 4.78 is 53.5. The molecule has 1 atom stereocenters. The number of benzene rings is 1. The molecule has 1 aromatic heterocycles. The number of pyridine rings is 1. The SMILES string of the molecule is OC[C@@H](O)c1cnc(C2(F)CCN(c3ccc(C(F)(F)F)cc3)CC2)c(Cl)c1. The fourth-order valence-corrected chi connectivity index (χ4v) is 3.63. The summed E-state index contributed by atoms with van der Waals surface area (Å²) in [5, 5.41) is 18.7. The van der Waals surface area contributed by atoms with Crippen LogP contribution in [0.3, 0.4) is 0 Å². The molecule has 3 rings (SSSR count). The van der Waals surface area contributed by atoms with Gasteiger partial charge in [0.05, 0.1) is 22.9 Å². The van der Waals surface area contributed by atoms with Gasteiger partial charge in [0.25, 0.3) is 0 Å². The number of alkyl halides is 4. The Labute approximate surface area is 164 Å². The normalized spacial score (nSPS) is 18.2. The van der Waals surface area contributed by atoms with Gasteiger partial charge in [-0.15, -0.1) is 0 Å². The average molecular weight is 419 g/mol. The lowest BCUT2D eigenvalue weighted by Gasteiger charge is -2.37. The number of aromatic nitrogens is 1. The number of hydrogen-bond donors (Lipinski definition) is 2. The van der Waals surface area contributed by atoms with Gasteiger partial charge in [0.1, 0.15) is 6.10 Å². The first-order chi connectivity index (χ1) is 13.1. The van der Waals surface area contributed by atoms with E-state index in [0.717, 1.165) is 12.1 Å². The number of hydrogen-bond acceptors (Lipinski definition) is 4. The zero-order chi connectivity index (χ0) is 20.5. The summed E-state index contributed by atoms with van der Waals surface area (Å²) in [7, 11) is 0. The first-order valence-corrected chi connectivity index (χ1v) is 9.08. The van der Waals surface area contributed by atoms with Crippen molar-refractivity contribution in [3.05, 3.63) is 58.4 Å². The highest BCUT2D eigenvalue weighted by Crippen LogP contribution is 2.41. The first-order valence-electron chi connectivity index (χ1n) is 8.70. The van der Waals surface area contributed by atoms with Gasteiger partial charge in [-0.2, -0.15) is 13.2 Å². The maximum atomic E-state index is 15.5. The van der Waals surface area contributed by atoms with Crippen molar-refractivity contribution < 1.29 is 27.8 Å². The zero-order valence-corrected chi connectivity index (χ0v) is 15.5. The monoisotopic (exact) mass is 418 g/mol. The van der Waals surface area contributed by atoms with Gasteiger partial charge in [-0.25, -0.2) is 4.39 Å². The van der Waals surface area contributed by atoms with E-state index in [0.29, 0.717) is 24.3 Å². The molecule has 2 aromatic rings. The molecule has 2 heterocycles. The summed E-state index contributed by atoms with van der Waals surface area (Å²) in [6, 6.07) is 6.16. The molecule has 1 aromatic carbocycles. The Bertz CT molecular complexity index is 822. The second-order valence-corrected chi connectivity index (χ2v) is 7.20. The molecule has 2 N–H and O–H groups in total. The minimum atomic E-state index is -4.40. The van der Waals surface area contributed by atoms with Gasteiger partial charge in [0.15, 0.2) is 5.67 Å². The molecule has 28 heavy (non-hydrogen) atoms. The van der Waals surface area contributed by atoms with Crippen LogP contribution >= 0.6 is 11.6 Å². The van der Waals surface area contributed by atoms with E-state index in [1.165, 1.54) is 24.4 Å². The van der Waals surface area contributed by atoms with Crippen molar-refractivity contribution in [2.75, 3.05) is 24.6 Å². The highest BCUT2D eigenvalue weighted by Gasteiger charge is 2.39. The van der Waals surface area contributed by atoms with E-state index in [-0.39, 0.29) is 23.6 Å². The van der Waals surface area contributed by atoms with E-state index >= 15 is 4.39 Å². The van der Waals surface area contributed by atoms with Crippen molar-refractivity contribution in [2.45, 2.75) is 30.8 Å². The minimum Gasteiger partial charge on any atom is -0.393 e. The van der Waals surface area contributed by atoms with Crippen molar-refractivity contribution in [1.29, 1.82) is 0 Å². The molecular formula is C19H19ClF4N2O2. The molecule has 0 spiro atoms. The van der Waals surface area contributed by atoms with Crippen LogP contribution in [0.4, 0.5) is 23.2 Å². The van der Waals surface area contributed by atoms with Gasteiger partial charge in [0.2, 0.25) is 0 Å². The van der Waals surface area contributed by atoms with Crippen molar-refractivity contribution >= 4 is 17.3 Å². The number of nitrogens with zero attached hydrogens (tertiary/aromatic N) is 2. The average Bonchev–Trinajstić information content (AvgIpc) is 2.67. The van der Waals surface area contributed by atoms with Gasteiger partial charge in [-0.05, 0) is 30.3 Å². The van der Waals surface area contributed by atoms with Crippen LogP contribution < -0.4 is 4.90 Å². The maximum absolute atomic E-state index is 15.5. The van der Waals surface area contributed by atoms with E-state index in [1.807, 2.05) is 4.90 Å². The number of anilines is 1. The third kappa shape index (κ3) is 4.24. The summed E-state index contributed by atoms with van der Waals surface area (Å²) in [4.78, 5) is 5.87. The number of rotatable bonds is 4. The lowest BCUT2D eigenvalue weighted by atomic mass is 9.89. The highest BCUT2D eigenvalue weighted by molar-refractivity contribution is 6.31. The summed E-state index contributed by atoms with van der Waals surface area (Å²) in [5.74, 6) is 0. The summed E-state index contributed by atoms with van der Waals surface area (Å²) in [6.07, 6.45) is -4.11. The molecule has 0 saturated carbocycles. The summed E-state index contributed by atoms with van der Waals surface area (Å²) >= 11 is 6.15. The van der Waals surface area contributed by atoms with Gasteiger partial charge >= 0.3 is 6.18 Å². The van der Waals surface area contributed by atoms with Crippen LogP contribution in [0.15, 0.2) is 36.5 Å². The van der Waals surface area contributed by atoms with Crippen molar-refractivity contribution in [3.63, 3.8) is 0 Å². The third-order valence-corrected chi connectivity index (χ3v) is 5.25. The molecule has 0 radical (unpaired) electrons. The molecule has 4 nitrogen and oxygen atoms in total. The number of piperidine rings is 1. The van der Waals surface area contributed by atoms with Crippen LogP contribution in [0, 0.1) is 0 Å². The Morgan fingerprint density at radius 1 is 1.18 bits per heavy atom. The van der Waals surface area contributed by atoms with Gasteiger partial charge in [-0.3, -0.25) is 4.98 Å². The third-order valence-electron chi connectivity index (χ3n) is 4.96. The van der Waals surface area contributed by atoms with Gasteiger partial charge in [-0.1, -0.05) is 11.6 Å². The predicted octanol–water partition coefficient (Wildman–Crippen LogP) is 4.24.